The predicted molar refractivity (Wildman–Crippen MR) is 92.3 cm³/mol. The molecule has 0 unspecified atom stereocenters. The zero-order valence-electron chi connectivity index (χ0n) is 13.8. The second-order valence-electron chi connectivity index (χ2n) is 6.20. The molecule has 2 heterocycles. The Morgan fingerprint density at radius 1 is 1.21 bits per heavy atom. The van der Waals surface area contributed by atoms with Gasteiger partial charge in [-0.1, -0.05) is 17.7 Å². The molecule has 1 aromatic rings. The van der Waals surface area contributed by atoms with Gasteiger partial charge in [-0.15, -0.1) is 0 Å². The van der Waals surface area contributed by atoms with Crippen LogP contribution >= 0.6 is 11.6 Å². The Kier molecular flexibility index (Phi) is 5.26. The summed E-state index contributed by atoms with van der Waals surface area (Å²) in [4.78, 5) is 28.2. The van der Waals surface area contributed by atoms with Crippen molar-refractivity contribution in [1.82, 2.24) is 9.80 Å². The van der Waals surface area contributed by atoms with E-state index in [1.165, 1.54) is 0 Å². The lowest BCUT2D eigenvalue weighted by Crippen LogP contribution is -2.53. The maximum Gasteiger partial charge on any atom is 0.321 e. The fraction of sp³-hybridized carbons (Fsp3) is 0.529. The quantitative estimate of drug-likeness (QED) is 0.890. The van der Waals surface area contributed by atoms with Crippen molar-refractivity contribution in [3.05, 3.63) is 28.8 Å². The Bertz CT molecular complexity index is 624. The van der Waals surface area contributed by atoms with Gasteiger partial charge in [-0.05, 0) is 37.5 Å². The standard InChI is InChI=1S/C17H22ClN3O3/c1-12-4-5-13(18)11-14(12)19-17(23)21-8-6-20(7-9-21)16(22)15-3-2-10-24-15/h4-5,11,15H,2-3,6-10H2,1H3,(H,19,23)/t15-/m0/s1. The molecule has 2 saturated heterocycles. The number of anilines is 1. The van der Waals surface area contributed by atoms with Crippen molar-refractivity contribution in [1.29, 1.82) is 0 Å². The molecule has 3 amide bonds. The second-order valence-corrected chi connectivity index (χ2v) is 6.64. The molecule has 0 radical (unpaired) electrons. The third-order valence-corrected chi connectivity index (χ3v) is 4.76. The van der Waals surface area contributed by atoms with E-state index in [0.29, 0.717) is 43.5 Å². The number of hydrogen-bond donors (Lipinski definition) is 1. The molecule has 2 aliphatic heterocycles. The fourth-order valence-corrected chi connectivity index (χ4v) is 3.20. The number of nitrogens with zero attached hydrogens (tertiary/aromatic N) is 2. The number of rotatable bonds is 2. The van der Waals surface area contributed by atoms with Gasteiger partial charge in [0.2, 0.25) is 0 Å². The molecular formula is C17H22ClN3O3. The van der Waals surface area contributed by atoms with Crippen LogP contribution in [-0.4, -0.2) is 60.6 Å². The molecule has 2 aliphatic rings. The maximum atomic E-state index is 12.4. The Morgan fingerprint density at radius 2 is 1.92 bits per heavy atom. The lowest BCUT2D eigenvalue weighted by Gasteiger charge is -2.35. The highest BCUT2D eigenvalue weighted by molar-refractivity contribution is 6.31. The number of carbonyl (C=O) groups is 2. The SMILES string of the molecule is Cc1ccc(Cl)cc1NC(=O)N1CCN(C(=O)[C@@H]2CCCO2)CC1. The maximum absolute atomic E-state index is 12.4. The number of aryl methyl sites for hydroxylation is 1. The van der Waals surface area contributed by atoms with Crippen LogP contribution in [0.15, 0.2) is 18.2 Å². The lowest BCUT2D eigenvalue weighted by molar-refractivity contribution is -0.142. The molecule has 2 fully saturated rings. The number of piperazine rings is 1. The number of benzene rings is 1. The summed E-state index contributed by atoms with van der Waals surface area (Å²) in [5, 5.41) is 3.48. The van der Waals surface area contributed by atoms with Gasteiger partial charge in [0.15, 0.2) is 0 Å². The van der Waals surface area contributed by atoms with Gasteiger partial charge < -0.3 is 19.9 Å². The van der Waals surface area contributed by atoms with E-state index in [4.69, 9.17) is 16.3 Å². The molecule has 1 N–H and O–H groups in total. The average Bonchev–Trinajstić information content (AvgIpc) is 3.12. The number of urea groups is 1. The van der Waals surface area contributed by atoms with E-state index in [-0.39, 0.29) is 18.0 Å². The van der Waals surface area contributed by atoms with E-state index in [1.807, 2.05) is 13.0 Å². The largest absolute Gasteiger partial charge is 0.368 e. The van der Waals surface area contributed by atoms with Crippen LogP contribution in [0.2, 0.25) is 5.02 Å². The van der Waals surface area contributed by atoms with Gasteiger partial charge in [-0.2, -0.15) is 0 Å². The topological polar surface area (TPSA) is 61.9 Å². The number of amides is 3. The van der Waals surface area contributed by atoms with Gasteiger partial charge in [0.05, 0.1) is 0 Å². The average molecular weight is 352 g/mol. The number of ether oxygens (including phenoxy) is 1. The van der Waals surface area contributed by atoms with Crippen molar-refractivity contribution in [2.75, 3.05) is 38.1 Å². The molecule has 130 valence electrons. The van der Waals surface area contributed by atoms with Crippen molar-refractivity contribution in [2.24, 2.45) is 0 Å². The molecule has 1 atom stereocenters. The van der Waals surface area contributed by atoms with Crippen LogP contribution in [0.4, 0.5) is 10.5 Å². The van der Waals surface area contributed by atoms with E-state index in [2.05, 4.69) is 5.32 Å². The highest BCUT2D eigenvalue weighted by atomic mass is 35.5. The van der Waals surface area contributed by atoms with Crippen LogP contribution in [-0.2, 0) is 9.53 Å². The molecule has 1 aromatic carbocycles. The van der Waals surface area contributed by atoms with Crippen LogP contribution in [0.3, 0.4) is 0 Å². The summed E-state index contributed by atoms with van der Waals surface area (Å²) >= 11 is 5.98. The van der Waals surface area contributed by atoms with Crippen LogP contribution in [0.25, 0.3) is 0 Å². The summed E-state index contributed by atoms with van der Waals surface area (Å²) in [5.74, 6) is 0.0539. The molecule has 7 heteroatoms. The summed E-state index contributed by atoms with van der Waals surface area (Å²) in [6, 6.07) is 5.24. The predicted octanol–water partition coefficient (Wildman–Crippen LogP) is 2.50. The van der Waals surface area contributed by atoms with Crippen LogP contribution < -0.4 is 5.32 Å². The Morgan fingerprint density at radius 3 is 2.58 bits per heavy atom. The first-order chi connectivity index (χ1) is 11.5. The molecule has 0 aliphatic carbocycles. The van der Waals surface area contributed by atoms with Gasteiger partial charge in [0.1, 0.15) is 6.10 Å². The zero-order valence-corrected chi connectivity index (χ0v) is 14.5. The molecule has 0 aromatic heterocycles. The third kappa shape index (κ3) is 3.82. The van der Waals surface area contributed by atoms with E-state index >= 15 is 0 Å². The van der Waals surface area contributed by atoms with Crippen molar-refractivity contribution in [3.8, 4) is 0 Å². The minimum absolute atomic E-state index is 0.0539. The van der Waals surface area contributed by atoms with Crippen LogP contribution in [0.1, 0.15) is 18.4 Å². The number of halogens is 1. The summed E-state index contributed by atoms with van der Waals surface area (Å²) in [7, 11) is 0. The van der Waals surface area contributed by atoms with Crippen molar-refractivity contribution in [2.45, 2.75) is 25.9 Å². The second kappa shape index (κ2) is 7.40. The molecular weight excluding hydrogens is 330 g/mol. The van der Waals surface area contributed by atoms with E-state index in [1.54, 1.807) is 21.9 Å². The molecule has 24 heavy (non-hydrogen) atoms. The molecule has 6 nitrogen and oxygen atoms in total. The van der Waals surface area contributed by atoms with Crippen molar-refractivity contribution in [3.63, 3.8) is 0 Å². The van der Waals surface area contributed by atoms with Gasteiger partial charge >= 0.3 is 6.03 Å². The summed E-state index contributed by atoms with van der Waals surface area (Å²) in [5.41, 5.74) is 1.67. The van der Waals surface area contributed by atoms with Crippen LogP contribution in [0, 0.1) is 6.92 Å². The summed E-state index contributed by atoms with van der Waals surface area (Å²) < 4.78 is 5.45. The fourth-order valence-electron chi connectivity index (χ4n) is 3.03. The Labute approximate surface area is 146 Å². The van der Waals surface area contributed by atoms with E-state index in [9.17, 15) is 9.59 Å². The van der Waals surface area contributed by atoms with Crippen molar-refractivity contribution >= 4 is 29.2 Å². The molecule has 0 saturated carbocycles. The molecule has 0 spiro atoms. The minimum Gasteiger partial charge on any atom is -0.368 e. The number of hydrogen-bond acceptors (Lipinski definition) is 3. The Hall–Kier alpha value is -1.79. The van der Waals surface area contributed by atoms with E-state index < -0.39 is 0 Å². The van der Waals surface area contributed by atoms with Crippen molar-refractivity contribution < 1.29 is 14.3 Å². The minimum atomic E-state index is -0.292. The van der Waals surface area contributed by atoms with Gasteiger partial charge in [-0.3, -0.25) is 4.79 Å². The highest BCUT2D eigenvalue weighted by Gasteiger charge is 2.31. The smallest absolute Gasteiger partial charge is 0.321 e. The van der Waals surface area contributed by atoms with Gasteiger partial charge in [0.25, 0.3) is 5.91 Å². The zero-order chi connectivity index (χ0) is 17.1. The lowest BCUT2D eigenvalue weighted by atomic mass is 10.2. The third-order valence-electron chi connectivity index (χ3n) is 4.52. The number of nitrogens with one attached hydrogen (secondary N) is 1. The van der Waals surface area contributed by atoms with E-state index in [0.717, 1.165) is 18.4 Å². The van der Waals surface area contributed by atoms with Gasteiger partial charge in [-0.25, -0.2) is 4.79 Å². The monoisotopic (exact) mass is 351 g/mol. The first-order valence-corrected chi connectivity index (χ1v) is 8.65. The van der Waals surface area contributed by atoms with Crippen LogP contribution in [0.5, 0.6) is 0 Å². The normalized spacial score (nSPS) is 21.0. The number of carbonyl (C=O) groups excluding carboxylic acids is 2. The highest BCUT2D eigenvalue weighted by Crippen LogP contribution is 2.21. The first kappa shape index (κ1) is 17.0. The molecule has 0 bridgehead atoms. The summed E-state index contributed by atoms with van der Waals surface area (Å²) in [6.07, 6.45) is 1.45. The molecule has 3 rings (SSSR count). The Balaban J connectivity index is 1.53. The summed E-state index contributed by atoms with van der Waals surface area (Å²) in [6.45, 7) is 4.71. The first-order valence-electron chi connectivity index (χ1n) is 8.27. The van der Waals surface area contributed by atoms with Gasteiger partial charge in [0, 0.05) is 43.5 Å².